The largest absolute Gasteiger partial charge is 0.495 e. The number of ether oxygens (including phenoxy) is 2. The first kappa shape index (κ1) is 27.4. The maximum absolute atomic E-state index is 13.8. The molecule has 1 saturated heterocycles. The average Bonchev–Trinajstić information content (AvgIpc) is 3.10. The highest BCUT2D eigenvalue weighted by Gasteiger charge is 2.53. The molecule has 15 nitrogen and oxygen atoms in total. The fourth-order valence-electron chi connectivity index (χ4n) is 3.99. The van der Waals surface area contributed by atoms with Gasteiger partial charge in [0.1, 0.15) is 11.6 Å². The minimum absolute atomic E-state index is 0.0428. The van der Waals surface area contributed by atoms with E-state index < -0.39 is 51.8 Å². The van der Waals surface area contributed by atoms with E-state index in [0.717, 1.165) is 35.0 Å². The van der Waals surface area contributed by atoms with Crippen molar-refractivity contribution in [2.24, 2.45) is 0 Å². The summed E-state index contributed by atoms with van der Waals surface area (Å²) in [5, 5.41) is 22.9. The Bertz CT molecular complexity index is 1610. The number of hydrogen-bond donors (Lipinski definition) is 2. The normalized spacial score (nSPS) is 14.8. The molecule has 3 aromatic rings. The van der Waals surface area contributed by atoms with Crippen LogP contribution in [-0.4, -0.2) is 61.1 Å². The van der Waals surface area contributed by atoms with Crippen molar-refractivity contribution in [3.63, 3.8) is 0 Å². The Hall–Kier alpha value is -5.60. The predicted octanol–water partition coefficient (Wildman–Crippen LogP) is 2.28. The van der Waals surface area contributed by atoms with Crippen LogP contribution in [-0.2, 0) is 14.3 Å². The number of nitrogens with zero attached hydrogens (tertiary/aromatic N) is 4. The third-order valence-corrected chi connectivity index (χ3v) is 5.92. The van der Waals surface area contributed by atoms with Gasteiger partial charge in [-0.1, -0.05) is 0 Å². The number of non-ortho nitro benzene ring substituents is 1. The first-order chi connectivity index (χ1) is 18.9. The number of nitro groups is 1. The van der Waals surface area contributed by atoms with Crippen molar-refractivity contribution in [3.8, 4) is 11.4 Å². The molecule has 2 N–H and O–H groups in total. The Kier molecular flexibility index (Phi) is 7.05. The van der Waals surface area contributed by atoms with Gasteiger partial charge in [0.25, 0.3) is 23.1 Å². The molecule has 1 unspecified atom stereocenters. The molecule has 0 spiro atoms. The number of aromatic carboxylic acids is 1. The van der Waals surface area contributed by atoms with Crippen molar-refractivity contribution < 1.29 is 38.7 Å². The Morgan fingerprint density at radius 3 is 2.35 bits per heavy atom. The van der Waals surface area contributed by atoms with E-state index in [-0.39, 0.29) is 28.4 Å². The maximum Gasteiger partial charge on any atom is 0.418 e. The predicted molar refractivity (Wildman–Crippen MR) is 135 cm³/mol. The number of nitro benzene ring substituents is 1. The van der Waals surface area contributed by atoms with Gasteiger partial charge >= 0.3 is 12.1 Å². The van der Waals surface area contributed by atoms with Gasteiger partial charge in [-0.2, -0.15) is 0 Å². The van der Waals surface area contributed by atoms with Gasteiger partial charge in [-0.3, -0.25) is 29.1 Å². The third-order valence-electron chi connectivity index (χ3n) is 5.92. The summed E-state index contributed by atoms with van der Waals surface area (Å²) in [4.78, 5) is 79.6. The summed E-state index contributed by atoms with van der Waals surface area (Å²) in [6, 6.07) is 7.47. The summed E-state index contributed by atoms with van der Waals surface area (Å²) in [5.41, 5.74) is -2.95. The van der Waals surface area contributed by atoms with E-state index in [1.54, 1.807) is 0 Å². The highest BCUT2D eigenvalue weighted by Crippen LogP contribution is 2.34. The number of cyclic esters (lactones) is 1. The molecule has 0 saturated carbocycles. The fraction of sp³-hybridized carbons (Fsp3) is 0.200. The van der Waals surface area contributed by atoms with E-state index in [1.807, 2.05) is 0 Å². The Morgan fingerprint density at radius 2 is 1.80 bits per heavy atom. The van der Waals surface area contributed by atoms with Crippen LogP contribution in [0.15, 0.2) is 59.5 Å². The number of benzene rings is 2. The Morgan fingerprint density at radius 1 is 1.12 bits per heavy atom. The first-order valence-corrected chi connectivity index (χ1v) is 11.5. The summed E-state index contributed by atoms with van der Waals surface area (Å²) < 4.78 is 11.3. The van der Waals surface area contributed by atoms with Crippen molar-refractivity contribution >= 4 is 35.3 Å². The lowest BCUT2D eigenvalue weighted by Crippen LogP contribution is -2.45. The molecule has 1 aliphatic rings. The van der Waals surface area contributed by atoms with E-state index in [1.165, 1.54) is 45.2 Å². The van der Waals surface area contributed by atoms with Crippen LogP contribution < -0.4 is 15.6 Å². The zero-order chi connectivity index (χ0) is 29.4. The third kappa shape index (κ3) is 4.94. The van der Waals surface area contributed by atoms with Gasteiger partial charge in [0.15, 0.2) is 11.6 Å². The molecule has 1 aliphatic heterocycles. The minimum Gasteiger partial charge on any atom is -0.495 e. The van der Waals surface area contributed by atoms with Gasteiger partial charge in [0, 0.05) is 24.4 Å². The summed E-state index contributed by atoms with van der Waals surface area (Å²) >= 11 is 0. The summed E-state index contributed by atoms with van der Waals surface area (Å²) in [6.45, 7) is 2.62. The van der Waals surface area contributed by atoms with Gasteiger partial charge in [0.05, 0.1) is 29.0 Å². The number of carbonyl (C=O) groups excluding carboxylic acids is 3. The molecule has 4 rings (SSSR count). The lowest BCUT2D eigenvalue weighted by Gasteiger charge is -2.26. The van der Waals surface area contributed by atoms with E-state index in [9.17, 15) is 39.2 Å². The maximum atomic E-state index is 13.8. The van der Waals surface area contributed by atoms with Crippen molar-refractivity contribution in [2.75, 3.05) is 12.4 Å². The topological polar surface area (TPSA) is 200 Å². The van der Waals surface area contributed by atoms with Crippen LogP contribution in [0.3, 0.4) is 0 Å². The van der Waals surface area contributed by atoms with E-state index in [4.69, 9.17) is 9.47 Å². The summed E-state index contributed by atoms with van der Waals surface area (Å²) in [7, 11) is 1.28. The number of methoxy groups -OCH3 is 1. The number of hydrogen-bond acceptors (Lipinski definition) is 10. The highest BCUT2D eigenvalue weighted by atomic mass is 16.6. The summed E-state index contributed by atoms with van der Waals surface area (Å²) in [6.07, 6.45) is -0.141. The standard InChI is InChI=1S/C25H21N5O10/c1-25(2)23(35)29(24(36)40-25)19(21(32)27-16-12-13(22(33)34)4-9-17(16)39-3)20-26-11-10-18(31)28(20)14-5-7-15(8-6-14)30(37)38/h4-12,19H,1-3H3,(H,27,32)(H,33,34). The van der Waals surface area contributed by atoms with Gasteiger partial charge < -0.3 is 19.9 Å². The number of nitrogens with one attached hydrogen (secondary N) is 1. The molecule has 206 valence electrons. The number of carbonyl (C=O) groups is 4. The average molecular weight is 551 g/mol. The first-order valence-electron chi connectivity index (χ1n) is 11.5. The molecule has 2 aromatic carbocycles. The van der Waals surface area contributed by atoms with Crippen LogP contribution in [0.25, 0.3) is 5.69 Å². The van der Waals surface area contributed by atoms with Crippen LogP contribution in [0.2, 0.25) is 0 Å². The number of carboxylic acids is 1. The second-order valence-electron chi connectivity index (χ2n) is 8.92. The molecule has 1 atom stereocenters. The van der Waals surface area contributed by atoms with E-state index in [2.05, 4.69) is 10.3 Å². The van der Waals surface area contributed by atoms with Gasteiger partial charge in [-0.15, -0.1) is 0 Å². The highest BCUT2D eigenvalue weighted by molar-refractivity contribution is 6.08. The molecule has 1 aromatic heterocycles. The van der Waals surface area contributed by atoms with Crippen LogP contribution >= 0.6 is 0 Å². The molecule has 1 fully saturated rings. The smallest absolute Gasteiger partial charge is 0.418 e. The van der Waals surface area contributed by atoms with Crippen LogP contribution in [0.4, 0.5) is 16.2 Å². The fourth-order valence-corrected chi connectivity index (χ4v) is 3.99. The molecule has 2 heterocycles. The van der Waals surface area contributed by atoms with Gasteiger partial charge in [-0.05, 0) is 44.2 Å². The number of anilines is 1. The summed E-state index contributed by atoms with van der Waals surface area (Å²) in [5.74, 6) is -3.64. The molecule has 0 aliphatic carbocycles. The van der Waals surface area contributed by atoms with Gasteiger partial charge in [0.2, 0.25) is 0 Å². The molecular formula is C25H21N5O10. The number of carboxylic acid groups (broad SMARTS) is 1. The van der Waals surface area contributed by atoms with Crippen LogP contribution in [0, 0.1) is 10.1 Å². The lowest BCUT2D eigenvalue weighted by molar-refractivity contribution is -0.384. The lowest BCUT2D eigenvalue weighted by atomic mass is 10.1. The van der Waals surface area contributed by atoms with E-state index in [0.29, 0.717) is 4.90 Å². The number of aromatic nitrogens is 2. The monoisotopic (exact) mass is 551 g/mol. The molecule has 3 amide bonds. The number of imide groups is 1. The van der Waals surface area contributed by atoms with Crippen LogP contribution in [0.5, 0.6) is 5.75 Å². The molecule has 15 heteroatoms. The Balaban J connectivity index is 1.91. The molecule has 40 heavy (non-hydrogen) atoms. The second-order valence-corrected chi connectivity index (χ2v) is 8.92. The zero-order valence-corrected chi connectivity index (χ0v) is 21.2. The zero-order valence-electron chi connectivity index (χ0n) is 21.2. The van der Waals surface area contributed by atoms with Crippen molar-refractivity contribution in [2.45, 2.75) is 25.5 Å². The van der Waals surface area contributed by atoms with E-state index >= 15 is 0 Å². The van der Waals surface area contributed by atoms with Crippen molar-refractivity contribution in [3.05, 3.63) is 86.6 Å². The SMILES string of the molecule is COc1ccc(C(=O)O)cc1NC(=O)C(c1nccc(=O)n1-c1ccc([N+](=O)[O-])cc1)N1C(=O)OC(C)(C)C1=O. The number of rotatable bonds is 8. The van der Waals surface area contributed by atoms with Crippen LogP contribution in [0.1, 0.15) is 36.1 Å². The molecular weight excluding hydrogens is 530 g/mol. The van der Waals surface area contributed by atoms with Gasteiger partial charge in [-0.25, -0.2) is 19.5 Å². The van der Waals surface area contributed by atoms with Crippen molar-refractivity contribution in [1.29, 1.82) is 0 Å². The van der Waals surface area contributed by atoms with Crippen molar-refractivity contribution in [1.82, 2.24) is 14.5 Å². The molecule has 0 bridgehead atoms. The molecule has 0 radical (unpaired) electrons. The Labute approximate surface area is 224 Å². The quantitative estimate of drug-likeness (QED) is 0.307. The minimum atomic E-state index is -1.91. The second kappa shape index (κ2) is 10.3. The number of amides is 3.